The summed E-state index contributed by atoms with van der Waals surface area (Å²) < 4.78 is 4.61. The van der Waals surface area contributed by atoms with Gasteiger partial charge < -0.3 is 10.1 Å². The molecule has 1 rings (SSSR count). The molecule has 21 heavy (non-hydrogen) atoms. The Hall–Kier alpha value is -1.49. The van der Waals surface area contributed by atoms with Gasteiger partial charge in [-0.2, -0.15) is 0 Å². The summed E-state index contributed by atoms with van der Waals surface area (Å²) in [5.41, 5.74) is 2.01. The van der Waals surface area contributed by atoms with Gasteiger partial charge in [0.15, 0.2) is 0 Å². The van der Waals surface area contributed by atoms with E-state index in [1.807, 2.05) is 31.2 Å². The summed E-state index contributed by atoms with van der Waals surface area (Å²) in [7, 11) is 1.37. The molecule has 1 atom stereocenters. The fourth-order valence-corrected chi connectivity index (χ4v) is 2.53. The molecule has 0 aliphatic heterocycles. The van der Waals surface area contributed by atoms with Crippen molar-refractivity contribution >= 4 is 29.3 Å². The molecule has 0 saturated heterocycles. The van der Waals surface area contributed by atoms with Crippen LogP contribution in [0.3, 0.4) is 0 Å². The van der Waals surface area contributed by atoms with Crippen LogP contribution in [-0.2, 0) is 14.3 Å². The van der Waals surface area contributed by atoms with Gasteiger partial charge in [-0.25, -0.2) is 0 Å². The number of rotatable bonds is 7. The first-order valence-electron chi connectivity index (χ1n) is 7.00. The molecular formula is C16H23NO3S. The molecule has 0 radical (unpaired) electrons. The summed E-state index contributed by atoms with van der Waals surface area (Å²) >= 11 is 1.45. The third-order valence-electron chi connectivity index (χ3n) is 3.02. The molecule has 0 bridgehead atoms. The number of hydrogen-bond acceptors (Lipinski definition) is 4. The lowest BCUT2D eigenvalue weighted by Crippen LogP contribution is -2.17. The number of amides is 1. The molecule has 1 amide bonds. The molecule has 1 N–H and O–H groups in total. The van der Waals surface area contributed by atoms with Crippen molar-refractivity contribution in [3.05, 3.63) is 29.8 Å². The quantitative estimate of drug-likeness (QED) is 0.784. The van der Waals surface area contributed by atoms with E-state index in [1.165, 1.54) is 24.4 Å². The van der Waals surface area contributed by atoms with Crippen LogP contribution in [0.1, 0.15) is 38.7 Å². The van der Waals surface area contributed by atoms with E-state index in [2.05, 4.69) is 23.9 Å². The Morgan fingerprint density at radius 3 is 2.62 bits per heavy atom. The minimum Gasteiger partial charge on any atom is -0.469 e. The zero-order valence-corrected chi connectivity index (χ0v) is 13.8. The summed E-state index contributed by atoms with van der Waals surface area (Å²) in [5.74, 6) is 0.443. The van der Waals surface area contributed by atoms with Crippen LogP contribution in [0.5, 0.6) is 0 Å². The minimum atomic E-state index is -0.250. The second-order valence-electron chi connectivity index (χ2n) is 5.23. The van der Waals surface area contributed by atoms with Crippen LogP contribution in [0.15, 0.2) is 24.3 Å². The monoisotopic (exact) mass is 309 g/mol. The van der Waals surface area contributed by atoms with E-state index in [1.54, 1.807) is 0 Å². The number of benzene rings is 1. The maximum Gasteiger partial charge on any atom is 0.306 e. The van der Waals surface area contributed by atoms with E-state index in [-0.39, 0.29) is 17.1 Å². The van der Waals surface area contributed by atoms with Crippen molar-refractivity contribution in [3.63, 3.8) is 0 Å². The van der Waals surface area contributed by atoms with Gasteiger partial charge in [-0.1, -0.05) is 32.9 Å². The summed E-state index contributed by atoms with van der Waals surface area (Å²) in [6.45, 7) is 6.14. The first-order valence-corrected chi connectivity index (χ1v) is 8.05. The van der Waals surface area contributed by atoms with E-state index >= 15 is 0 Å². The fraction of sp³-hybridized carbons (Fsp3) is 0.500. The van der Waals surface area contributed by atoms with Crippen molar-refractivity contribution in [2.24, 2.45) is 0 Å². The Balaban J connectivity index is 2.43. The Kier molecular flexibility index (Phi) is 7.29. The third-order valence-corrected chi connectivity index (χ3v) is 4.18. The van der Waals surface area contributed by atoms with E-state index in [9.17, 15) is 9.59 Å². The first kappa shape index (κ1) is 17.6. The van der Waals surface area contributed by atoms with Crippen LogP contribution < -0.4 is 5.32 Å². The Labute approximate surface area is 130 Å². The summed E-state index contributed by atoms with van der Waals surface area (Å²) in [4.78, 5) is 23.0. The molecule has 0 fully saturated rings. The summed E-state index contributed by atoms with van der Waals surface area (Å²) in [5, 5.41) is 2.94. The molecule has 0 heterocycles. The van der Waals surface area contributed by atoms with Crippen LogP contribution in [0.4, 0.5) is 5.69 Å². The lowest BCUT2D eigenvalue weighted by molar-refractivity contribution is -0.140. The average molecular weight is 309 g/mol. The normalized spacial score (nSPS) is 12.0. The maximum atomic E-state index is 11.9. The van der Waals surface area contributed by atoms with Gasteiger partial charge in [-0.3, -0.25) is 9.59 Å². The predicted molar refractivity (Wildman–Crippen MR) is 87.7 cm³/mol. The number of nitrogens with one attached hydrogen (secondary N) is 1. The number of methoxy groups -OCH3 is 1. The first-order chi connectivity index (χ1) is 9.92. The molecule has 116 valence electrons. The highest BCUT2D eigenvalue weighted by Crippen LogP contribution is 2.19. The van der Waals surface area contributed by atoms with Gasteiger partial charge in [0, 0.05) is 10.9 Å². The lowest BCUT2D eigenvalue weighted by atomic mass is 10.0. The molecular weight excluding hydrogens is 286 g/mol. The van der Waals surface area contributed by atoms with E-state index in [4.69, 9.17) is 0 Å². The Morgan fingerprint density at radius 2 is 2.00 bits per heavy atom. The molecule has 0 aliphatic rings. The number of carbonyl (C=O) groups excluding carboxylic acids is 2. The highest BCUT2D eigenvalue weighted by Gasteiger charge is 2.12. The number of anilines is 1. The molecule has 1 aromatic carbocycles. The molecule has 0 aromatic heterocycles. The third kappa shape index (κ3) is 6.67. The number of carbonyl (C=O) groups is 2. The molecule has 1 aromatic rings. The largest absolute Gasteiger partial charge is 0.469 e. The summed E-state index contributed by atoms with van der Waals surface area (Å²) in [6.07, 6.45) is 0.317. The van der Waals surface area contributed by atoms with Gasteiger partial charge in [-0.15, -0.1) is 11.8 Å². The summed E-state index contributed by atoms with van der Waals surface area (Å²) in [6, 6.07) is 7.86. The van der Waals surface area contributed by atoms with Crippen molar-refractivity contribution in [1.29, 1.82) is 0 Å². The van der Waals surface area contributed by atoms with Crippen molar-refractivity contribution in [3.8, 4) is 0 Å². The lowest BCUT2D eigenvalue weighted by Gasteiger charge is -2.11. The molecule has 5 heteroatoms. The van der Waals surface area contributed by atoms with E-state index in [0.29, 0.717) is 18.1 Å². The topological polar surface area (TPSA) is 55.4 Å². The predicted octanol–water partition coefficient (Wildman–Crippen LogP) is 3.43. The number of ether oxygens (including phenoxy) is 1. The Bertz CT molecular complexity index is 488. The second-order valence-corrected chi connectivity index (χ2v) is 6.66. The van der Waals surface area contributed by atoms with Crippen LogP contribution in [-0.4, -0.2) is 30.0 Å². The zero-order chi connectivity index (χ0) is 15.8. The van der Waals surface area contributed by atoms with Crippen LogP contribution in [0.2, 0.25) is 0 Å². The number of thioether (sulfide) groups is 1. The maximum absolute atomic E-state index is 11.9. The van der Waals surface area contributed by atoms with Crippen molar-refractivity contribution in [2.45, 2.75) is 38.4 Å². The van der Waals surface area contributed by atoms with Crippen LogP contribution in [0, 0.1) is 0 Å². The highest BCUT2D eigenvalue weighted by molar-refractivity contribution is 8.00. The van der Waals surface area contributed by atoms with Gasteiger partial charge in [0.25, 0.3) is 0 Å². The van der Waals surface area contributed by atoms with Crippen molar-refractivity contribution in [1.82, 2.24) is 0 Å². The SMILES string of the molecule is COC(=O)CC(C)SCC(=O)Nc1cccc(C(C)C)c1. The molecule has 4 nitrogen and oxygen atoms in total. The molecule has 0 aliphatic carbocycles. The van der Waals surface area contributed by atoms with Crippen LogP contribution in [0.25, 0.3) is 0 Å². The standard InChI is InChI=1S/C16H23NO3S/c1-11(2)13-6-5-7-14(9-13)17-15(18)10-21-12(3)8-16(19)20-4/h5-7,9,11-12H,8,10H2,1-4H3,(H,17,18). The average Bonchev–Trinajstić information content (AvgIpc) is 2.45. The number of hydrogen-bond donors (Lipinski definition) is 1. The van der Waals surface area contributed by atoms with E-state index < -0.39 is 0 Å². The molecule has 0 spiro atoms. The van der Waals surface area contributed by atoms with E-state index in [0.717, 1.165) is 5.69 Å². The van der Waals surface area contributed by atoms with Gasteiger partial charge in [-0.05, 0) is 23.6 Å². The number of esters is 1. The van der Waals surface area contributed by atoms with Gasteiger partial charge in [0.05, 0.1) is 19.3 Å². The van der Waals surface area contributed by atoms with Gasteiger partial charge in [0.2, 0.25) is 5.91 Å². The van der Waals surface area contributed by atoms with Crippen LogP contribution >= 0.6 is 11.8 Å². The van der Waals surface area contributed by atoms with Gasteiger partial charge >= 0.3 is 5.97 Å². The Morgan fingerprint density at radius 1 is 1.29 bits per heavy atom. The second kappa shape index (κ2) is 8.72. The minimum absolute atomic E-state index is 0.0578. The fourth-order valence-electron chi connectivity index (χ4n) is 1.77. The molecule has 1 unspecified atom stereocenters. The highest BCUT2D eigenvalue weighted by atomic mass is 32.2. The zero-order valence-electron chi connectivity index (χ0n) is 13.0. The van der Waals surface area contributed by atoms with Crippen molar-refractivity contribution < 1.29 is 14.3 Å². The molecule has 0 saturated carbocycles. The van der Waals surface area contributed by atoms with Gasteiger partial charge in [0.1, 0.15) is 0 Å². The smallest absolute Gasteiger partial charge is 0.306 e. The van der Waals surface area contributed by atoms with Crippen molar-refractivity contribution in [2.75, 3.05) is 18.2 Å².